The van der Waals surface area contributed by atoms with Crippen molar-refractivity contribution >= 4 is 32.7 Å². The zero-order valence-corrected chi connectivity index (χ0v) is 28.6. The van der Waals surface area contributed by atoms with Gasteiger partial charge in [-0.15, -0.1) is 0 Å². The van der Waals surface area contributed by atoms with Gasteiger partial charge in [-0.1, -0.05) is 152 Å². The second-order valence-corrected chi connectivity index (χ2v) is 13.3. The molecule has 4 heteroatoms. The van der Waals surface area contributed by atoms with E-state index in [1.807, 2.05) is 42.5 Å². The number of nitrogens with zero attached hydrogens (tertiary/aromatic N) is 3. The summed E-state index contributed by atoms with van der Waals surface area (Å²) < 4.78 is 6.53. The van der Waals surface area contributed by atoms with Crippen molar-refractivity contribution in [3.8, 4) is 67.5 Å². The number of aromatic nitrogens is 3. The molecule has 0 saturated heterocycles. The van der Waals surface area contributed by atoms with Crippen molar-refractivity contribution in [3.05, 3.63) is 188 Å². The molecule has 0 aliphatic heterocycles. The molecule has 0 saturated carbocycles. The summed E-state index contributed by atoms with van der Waals surface area (Å²) in [5.41, 5.74) is 11.3. The van der Waals surface area contributed by atoms with Crippen LogP contribution in [-0.2, 0) is 0 Å². The normalized spacial score (nSPS) is 11.4. The predicted molar refractivity (Wildman–Crippen MR) is 217 cm³/mol. The van der Waals surface area contributed by atoms with Crippen LogP contribution >= 0.6 is 0 Å². The third-order valence-electron chi connectivity index (χ3n) is 9.93. The van der Waals surface area contributed by atoms with Crippen LogP contribution in [0.15, 0.2) is 192 Å². The van der Waals surface area contributed by atoms with Crippen LogP contribution in [0.4, 0.5) is 0 Å². The number of rotatable bonds is 6. The highest BCUT2D eigenvalue weighted by molar-refractivity contribution is 6.07. The van der Waals surface area contributed by atoms with Crippen LogP contribution in [0.25, 0.3) is 100 Å². The highest BCUT2D eigenvalue weighted by Crippen LogP contribution is 2.36. The van der Waals surface area contributed by atoms with Gasteiger partial charge in [0.05, 0.1) is 0 Å². The molecule has 0 spiro atoms. The van der Waals surface area contributed by atoms with Crippen molar-refractivity contribution in [1.82, 2.24) is 15.0 Å². The lowest BCUT2D eigenvalue weighted by Crippen LogP contribution is -2.00. The lowest BCUT2D eigenvalue weighted by atomic mass is 9.98. The van der Waals surface area contributed by atoms with Crippen LogP contribution < -0.4 is 0 Å². The van der Waals surface area contributed by atoms with E-state index in [-0.39, 0.29) is 0 Å². The molecule has 0 unspecified atom stereocenters. The quantitative estimate of drug-likeness (QED) is 0.176. The van der Waals surface area contributed by atoms with E-state index in [0.717, 1.165) is 55.3 Å². The molecule has 248 valence electrons. The fourth-order valence-corrected chi connectivity index (χ4v) is 7.14. The number of furan rings is 1. The average molecular weight is 678 g/mol. The fourth-order valence-electron chi connectivity index (χ4n) is 7.14. The van der Waals surface area contributed by atoms with E-state index in [1.165, 1.54) is 27.5 Å². The Balaban J connectivity index is 1.02. The lowest BCUT2D eigenvalue weighted by Gasteiger charge is -2.09. The van der Waals surface area contributed by atoms with E-state index in [1.54, 1.807) is 0 Å². The van der Waals surface area contributed by atoms with Crippen LogP contribution in [0.3, 0.4) is 0 Å². The van der Waals surface area contributed by atoms with E-state index in [2.05, 4.69) is 146 Å². The van der Waals surface area contributed by atoms with Crippen molar-refractivity contribution in [2.45, 2.75) is 0 Å². The first-order valence-electron chi connectivity index (χ1n) is 17.8. The van der Waals surface area contributed by atoms with Crippen LogP contribution in [0, 0.1) is 0 Å². The Morgan fingerprint density at radius 1 is 0.264 bits per heavy atom. The Labute approximate surface area is 306 Å². The molecular formula is C49H31N3O. The monoisotopic (exact) mass is 677 g/mol. The number of hydrogen-bond donors (Lipinski definition) is 0. The molecule has 2 aromatic heterocycles. The Bertz CT molecular complexity index is 2930. The molecule has 0 N–H and O–H groups in total. The first-order valence-corrected chi connectivity index (χ1v) is 17.8. The minimum Gasteiger partial charge on any atom is -0.456 e. The Hall–Kier alpha value is -7.17. The molecular weight excluding hydrogens is 647 g/mol. The van der Waals surface area contributed by atoms with Gasteiger partial charge in [0.25, 0.3) is 0 Å². The van der Waals surface area contributed by atoms with Crippen molar-refractivity contribution in [1.29, 1.82) is 0 Å². The molecule has 0 aliphatic carbocycles. The van der Waals surface area contributed by atoms with E-state index >= 15 is 0 Å². The third kappa shape index (κ3) is 5.82. The van der Waals surface area contributed by atoms with Gasteiger partial charge in [-0.05, 0) is 80.6 Å². The van der Waals surface area contributed by atoms with Gasteiger partial charge in [-0.2, -0.15) is 0 Å². The van der Waals surface area contributed by atoms with Gasteiger partial charge in [-0.3, -0.25) is 0 Å². The lowest BCUT2D eigenvalue weighted by molar-refractivity contribution is 0.669. The second kappa shape index (κ2) is 12.9. The zero-order valence-electron chi connectivity index (χ0n) is 28.6. The molecule has 0 bridgehead atoms. The van der Waals surface area contributed by atoms with Crippen molar-refractivity contribution in [2.24, 2.45) is 0 Å². The van der Waals surface area contributed by atoms with Gasteiger partial charge < -0.3 is 4.42 Å². The summed E-state index contributed by atoms with van der Waals surface area (Å²) in [6.45, 7) is 0. The maximum Gasteiger partial charge on any atom is 0.164 e. The molecule has 4 nitrogen and oxygen atoms in total. The smallest absolute Gasteiger partial charge is 0.164 e. The molecule has 10 aromatic rings. The van der Waals surface area contributed by atoms with E-state index < -0.39 is 0 Å². The third-order valence-corrected chi connectivity index (χ3v) is 9.93. The minimum absolute atomic E-state index is 0.591. The van der Waals surface area contributed by atoms with Crippen LogP contribution in [0.5, 0.6) is 0 Å². The molecule has 53 heavy (non-hydrogen) atoms. The van der Waals surface area contributed by atoms with Crippen LogP contribution in [0.1, 0.15) is 0 Å². The van der Waals surface area contributed by atoms with Crippen LogP contribution in [0.2, 0.25) is 0 Å². The molecule has 8 aromatic carbocycles. The molecule has 0 radical (unpaired) electrons. The molecule has 0 atom stereocenters. The zero-order chi connectivity index (χ0) is 35.1. The first-order chi connectivity index (χ1) is 26.2. The summed E-state index contributed by atoms with van der Waals surface area (Å²) in [6, 6.07) is 65.3. The highest BCUT2D eigenvalue weighted by Gasteiger charge is 2.16. The maximum absolute atomic E-state index is 6.53. The summed E-state index contributed by atoms with van der Waals surface area (Å²) in [7, 11) is 0. The summed E-state index contributed by atoms with van der Waals surface area (Å²) in [6.07, 6.45) is 0. The Morgan fingerprint density at radius 2 is 0.679 bits per heavy atom. The van der Waals surface area contributed by atoms with Gasteiger partial charge in [0, 0.05) is 27.5 Å². The van der Waals surface area contributed by atoms with Gasteiger partial charge in [0.15, 0.2) is 17.5 Å². The van der Waals surface area contributed by atoms with Gasteiger partial charge in [0.2, 0.25) is 0 Å². The van der Waals surface area contributed by atoms with Crippen molar-refractivity contribution < 1.29 is 4.42 Å². The van der Waals surface area contributed by atoms with Gasteiger partial charge >= 0.3 is 0 Å². The second-order valence-electron chi connectivity index (χ2n) is 13.3. The van der Waals surface area contributed by atoms with Gasteiger partial charge in [-0.25, -0.2) is 15.0 Å². The number of benzene rings is 8. The molecule has 0 aliphatic rings. The largest absolute Gasteiger partial charge is 0.456 e. The Morgan fingerprint density at radius 3 is 1.38 bits per heavy atom. The summed E-state index contributed by atoms with van der Waals surface area (Å²) in [4.78, 5) is 15.0. The standard InChI is InChI=1S/C49H31N3O/c1-3-10-32(11-4-1)38-16-9-17-39(28-38)41-24-26-43-44-27-25-42(31-46(44)53-45(43)30-41)49-51-47(35-13-5-2-6-14-35)50-48(52-49)36-21-18-34(19-22-36)40-23-20-33-12-7-8-15-37(33)29-40/h1-31H. The minimum atomic E-state index is 0.591. The van der Waals surface area contributed by atoms with E-state index in [0.29, 0.717) is 17.5 Å². The fraction of sp³-hybridized carbons (Fsp3) is 0. The number of hydrogen-bond acceptors (Lipinski definition) is 4. The SMILES string of the molecule is c1ccc(-c2cccc(-c3ccc4c(c3)oc3cc(-c5nc(-c6ccccc6)nc(-c6ccc(-c7ccc8ccccc8c7)cc6)n5)ccc34)c2)cc1. The van der Waals surface area contributed by atoms with Crippen molar-refractivity contribution in [3.63, 3.8) is 0 Å². The van der Waals surface area contributed by atoms with E-state index in [9.17, 15) is 0 Å². The molecule has 0 fully saturated rings. The number of fused-ring (bicyclic) bond motifs is 4. The topological polar surface area (TPSA) is 51.8 Å². The highest BCUT2D eigenvalue weighted by atomic mass is 16.3. The van der Waals surface area contributed by atoms with Crippen molar-refractivity contribution in [2.75, 3.05) is 0 Å². The maximum atomic E-state index is 6.53. The Kier molecular flexibility index (Phi) is 7.43. The summed E-state index contributed by atoms with van der Waals surface area (Å²) in [5, 5.41) is 4.58. The predicted octanol–water partition coefficient (Wildman–Crippen LogP) is 12.9. The summed E-state index contributed by atoms with van der Waals surface area (Å²) in [5.74, 6) is 1.83. The van der Waals surface area contributed by atoms with E-state index in [4.69, 9.17) is 19.4 Å². The molecule has 2 heterocycles. The first kappa shape index (κ1) is 30.6. The average Bonchev–Trinajstić information content (AvgIpc) is 3.61. The summed E-state index contributed by atoms with van der Waals surface area (Å²) >= 11 is 0. The molecule has 10 rings (SSSR count). The van der Waals surface area contributed by atoms with Crippen LogP contribution in [-0.4, -0.2) is 15.0 Å². The van der Waals surface area contributed by atoms with Gasteiger partial charge in [0.1, 0.15) is 11.2 Å². The molecule has 0 amide bonds.